The number of benzene rings is 1. The standard InChI is InChI=1S/C19H22N6O/c1-3-20-19-23-13(2)12-17(25-19)21-10-11-22-18(26)16-9-8-14-6-4-5-7-15(14)24-16/h4-9,12H,3,10-11H2,1-2H3,(H,22,26)(H2,20,21,23,25). The number of fused-ring (bicyclic) bond motifs is 1. The van der Waals surface area contributed by atoms with Gasteiger partial charge in [0.15, 0.2) is 0 Å². The zero-order valence-electron chi connectivity index (χ0n) is 14.9. The maximum absolute atomic E-state index is 12.3. The summed E-state index contributed by atoms with van der Waals surface area (Å²) >= 11 is 0. The molecule has 1 amide bonds. The average molecular weight is 350 g/mol. The summed E-state index contributed by atoms with van der Waals surface area (Å²) in [6.07, 6.45) is 0. The van der Waals surface area contributed by atoms with Crippen LogP contribution < -0.4 is 16.0 Å². The number of nitrogens with one attached hydrogen (secondary N) is 3. The second-order valence-corrected chi connectivity index (χ2v) is 5.82. The van der Waals surface area contributed by atoms with Gasteiger partial charge < -0.3 is 16.0 Å². The lowest BCUT2D eigenvalue weighted by Crippen LogP contribution is -2.29. The van der Waals surface area contributed by atoms with Gasteiger partial charge in [-0.15, -0.1) is 0 Å². The number of hydrogen-bond acceptors (Lipinski definition) is 6. The second kappa shape index (κ2) is 8.24. The minimum Gasteiger partial charge on any atom is -0.368 e. The van der Waals surface area contributed by atoms with E-state index in [0.717, 1.165) is 29.0 Å². The average Bonchev–Trinajstić information content (AvgIpc) is 2.64. The molecule has 0 saturated carbocycles. The van der Waals surface area contributed by atoms with Crippen molar-refractivity contribution < 1.29 is 4.79 Å². The van der Waals surface area contributed by atoms with E-state index in [-0.39, 0.29) is 5.91 Å². The van der Waals surface area contributed by atoms with Crippen molar-refractivity contribution in [3.63, 3.8) is 0 Å². The zero-order chi connectivity index (χ0) is 18.4. The Morgan fingerprint density at radius 3 is 2.69 bits per heavy atom. The smallest absolute Gasteiger partial charge is 0.269 e. The summed E-state index contributed by atoms with van der Waals surface area (Å²) in [6, 6.07) is 13.2. The predicted molar refractivity (Wildman–Crippen MR) is 103 cm³/mol. The van der Waals surface area contributed by atoms with Crippen LogP contribution in [-0.4, -0.2) is 40.5 Å². The Kier molecular flexibility index (Phi) is 5.58. The fourth-order valence-electron chi connectivity index (χ4n) is 2.55. The molecular formula is C19H22N6O. The maximum atomic E-state index is 12.3. The molecule has 1 aromatic carbocycles. The van der Waals surface area contributed by atoms with E-state index in [0.29, 0.717) is 24.7 Å². The summed E-state index contributed by atoms with van der Waals surface area (Å²) in [5.74, 6) is 1.13. The highest BCUT2D eigenvalue weighted by atomic mass is 16.1. The molecule has 3 rings (SSSR count). The molecule has 26 heavy (non-hydrogen) atoms. The van der Waals surface area contributed by atoms with Crippen molar-refractivity contribution in [1.82, 2.24) is 20.3 Å². The summed E-state index contributed by atoms with van der Waals surface area (Å²) in [5.41, 5.74) is 2.10. The Morgan fingerprint density at radius 1 is 1.00 bits per heavy atom. The summed E-state index contributed by atoms with van der Waals surface area (Å²) in [5, 5.41) is 10.2. The monoisotopic (exact) mass is 350 g/mol. The summed E-state index contributed by atoms with van der Waals surface area (Å²) in [4.78, 5) is 25.3. The van der Waals surface area contributed by atoms with E-state index in [9.17, 15) is 4.79 Å². The van der Waals surface area contributed by atoms with Gasteiger partial charge in [0, 0.05) is 36.8 Å². The number of anilines is 2. The van der Waals surface area contributed by atoms with E-state index in [2.05, 4.69) is 30.9 Å². The SMILES string of the molecule is CCNc1nc(C)cc(NCCNC(=O)c2ccc3ccccc3n2)n1. The van der Waals surface area contributed by atoms with E-state index in [1.807, 2.05) is 50.2 Å². The van der Waals surface area contributed by atoms with Crippen LogP contribution in [-0.2, 0) is 0 Å². The van der Waals surface area contributed by atoms with E-state index in [1.165, 1.54) is 0 Å². The van der Waals surface area contributed by atoms with E-state index < -0.39 is 0 Å². The number of aryl methyl sites for hydroxylation is 1. The molecule has 7 heteroatoms. The Bertz CT molecular complexity index is 911. The molecule has 0 spiro atoms. The Labute approximate surface area is 152 Å². The van der Waals surface area contributed by atoms with Crippen molar-refractivity contribution in [3.05, 3.63) is 53.9 Å². The maximum Gasteiger partial charge on any atom is 0.269 e. The number of pyridine rings is 1. The van der Waals surface area contributed by atoms with Gasteiger partial charge in [0.2, 0.25) is 5.95 Å². The molecule has 0 fully saturated rings. The minimum absolute atomic E-state index is 0.190. The van der Waals surface area contributed by atoms with Crippen molar-refractivity contribution >= 4 is 28.6 Å². The van der Waals surface area contributed by atoms with Crippen LogP contribution in [0, 0.1) is 6.92 Å². The largest absolute Gasteiger partial charge is 0.368 e. The number of amides is 1. The number of para-hydroxylation sites is 1. The number of rotatable bonds is 7. The van der Waals surface area contributed by atoms with Crippen LogP contribution >= 0.6 is 0 Å². The van der Waals surface area contributed by atoms with Gasteiger partial charge in [0.25, 0.3) is 5.91 Å². The molecule has 0 aliphatic carbocycles. The number of aromatic nitrogens is 3. The summed E-state index contributed by atoms with van der Waals surface area (Å²) in [7, 11) is 0. The first-order chi connectivity index (χ1) is 12.7. The van der Waals surface area contributed by atoms with Crippen LogP contribution in [0.3, 0.4) is 0 Å². The third kappa shape index (κ3) is 4.44. The molecular weight excluding hydrogens is 328 g/mol. The van der Waals surface area contributed by atoms with Gasteiger partial charge in [-0.25, -0.2) is 9.97 Å². The van der Waals surface area contributed by atoms with Gasteiger partial charge in [0.05, 0.1) is 5.52 Å². The van der Waals surface area contributed by atoms with Gasteiger partial charge in [-0.3, -0.25) is 4.79 Å². The summed E-state index contributed by atoms with van der Waals surface area (Å²) < 4.78 is 0. The lowest BCUT2D eigenvalue weighted by Gasteiger charge is -2.10. The van der Waals surface area contributed by atoms with Crippen LogP contribution in [0.2, 0.25) is 0 Å². The molecule has 2 heterocycles. The second-order valence-electron chi connectivity index (χ2n) is 5.82. The molecule has 134 valence electrons. The van der Waals surface area contributed by atoms with Gasteiger partial charge in [0.1, 0.15) is 11.5 Å². The van der Waals surface area contributed by atoms with E-state index in [4.69, 9.17) is 0 Å². The molecule has 0 atom stereocenters. The zero-order valence-corrected chi connectivity index (χ0v) is 14.9. The normalized spacial score (nSPS) is 10.5. The fourth-order valence-corrected chi connectivity index (χ4v) is 2.55. The Morgan fingerprint density at radius 2 is 1.85 bits per heavy atom. The number of carbonyl (C=O) groups is 1. The topological polar surface area (TPSA) is 91.8 Å². The quantitative estimate of drug-likeness (QED) is 0.567. The van der Waals surface area contributed by atoms with Crippen LogP contribution in [0.25, 0.3) is 10.9 Å². The van der Waals surface area contributed by atoms with Crippen LogP contribution in [0.15, 0.2) is 42.5 Å². The first-order valence-corrected chi connectivity index (χ1v) is 8.63. The van der Waals surface area contributed by atoms with Gasteiger partial charge in [-0.2, -0.15) is 4.98 Å². The first kappa shape index (κ1) is 17.6. The van der Waals surface area contributed by atoms with Crippen LogP contribution in [0.5, 0.6) is 0 Å². The van der Waals surface area contributed by atoms with Crippen molar-refractivity contribution in [2.24, 2.45) is 0 Å². The van der Waals surface area contributed by atoms with Crippen molar-refractivity contribution in [3.8, 4) is 0 Å². The first-order valence-electron chi connectivity index (χ1n) is 8.63. The van der Waals surface area contributed by atoms with Crippen LogP contribution in [0.4, 0.5) is 11.8 Å². The molecule has 2 aromatic heterocycles. The minimum atomic E-state index is -0.190. The third-order valence-corrected chi connectivity index (χ3v) is 3.74. The molecule has 3 N–H and O–H groups in total. The lowest BCUT2D eigenvalue weighted by atomic mass is 10.2. The number of nitrogens with zero attached hydrogens (tertiary/aromatic N) is 3. The number of hydrogen-bond donors (Lipinski definition) is 3. The van der Waals surface area contributed by atoms with Gasteiger partial charge >= 0.3 is 0 Å². The molecule has 0 aliphatic heterocycles. The molecule has 3 aromatic rings. The third-order valence-electron chi connectivity index (χ3n) is 3.74. The molecule has 0 bridgehead atoms. The molecule has 0 saturated heterocycles. The highest BCUT2D eigenvalue weighted by molar-refractivity contribution is 5.94. The molecule has 0 radical (unpaired) electrons. The lowest BCUT2D eigenvalue weighted by molar-refractivity contribution is 0.0950. The Balaban J connectivity index is 1.53. The Hall–Kier alpha value is -3.22. The summed E-state index contributed by atoms with van der Waals surface area (Å²) in [6.45, 7) is 5.70. The molecule has 0 aliphatic rings. The molecule has 7 nitrogen and oxygen atoms in total. The number of carbonyl (C=O) groups excluding carboxylic acids is 1. The van der Waals surface area contributed by atoms with E-state index >= 15 is 0 Å². The van der Waals surface area contributed by atoms with Gasteiger partial charge in [-0.1, -0.05) is 24.3 Å². The van der Waals surface area contributed by atoms with Crippen molar-refractivity contribution in [2.75, 3.05) is 30.3 Å². The van der Waals surface area contributed by atoms with Crippen LogP contribution in [0.1, 0.15) is 23.1 Å². The highest BCUT2D eigenvalue weighted by Gasteiger charge is 2.07. The van der Waals surface area contributed by atoms with Crippen molar-refractivity contribution in [1.29, 1.82) is 0 Å². The fraction of sp³-hybridized carbons (Fsp3) is 0.263. The van der Waals surface area contributed by atoms with E-state index in [1.54, 1.807) is 6.07 Å². The molecule has 0 unspecified atom stereocenters. The predicted octanol–water partition coefficient (Wildman–Crippen LogP) is 2.61. The van der Waals surface area contributed by atoms with Gasteiger partial charge in [-0.05, 0) is 26.0 Å². The highest BCUT2D eigenvalue weighted by Crippen LogP contribution is 2.12. The van der Waals surface area contributed by atoms with Crippen molar-refractivity contribution in [2.45, 2.75) is 13.8 Å².